The van der Waals surface area contributed by atoms with E-state index in [2.05, 4.69) is 17.9 Å². The second-order valence-corrected chi connectivity index (χ2v) is 8.99. The highest BCUT2D eigenvalue weighted by Crippen LogP contribution is 2.42. The van der Waals surface area contributed by atoms with E-state index in [1.54, 1.807) is 12.1 Å². The Morgan fingerprint density at radius 2 is 1.85 bits per heavy atom. The molecule has 0 bridgehead atoms. The van der Waals surface area contributed by atoms with Gasteiger partial charge >= 0.3 is 0 Å². The zero-order valence-corrected chi connectivity index (χ0v) is 20.9. The van der Waals surface area contributed by atoms with Gasteiger partial charge in [0.15, 0.2) is 5.65 Å². The number of hydrogen-bond acceptors (Lipinski definition) is 6. The average Bonchev–Trinajstić information content (AvgIpc) is 3.13. The second-order valence-electron chi connectivity index (χ2n) is 8.18. The van der Waals surface area contributed by atoms with Gasteiger partial charge in [-0.15, -0.1) is 0 Å². The molecule has 3 heterocycles. The van der Waals surface area contributed by atoms with Crippen molar-refractivity contribution in [1.82, 2.24) is 14.6 Å². The van der Waals surface area contributed by atoms with Gasteiger partial charge in [0.1, 0.15) is 11.6 Å². The minimum absolute atomic E-state index is 0.336. The van der Waals surface area contributed by atoms with Gasteiger partial charge in [0.25, 0.3) is 0 Å². The van der Waals surface area contributed by atoms with E-state index >= 15 is 0 Å². The summed E-state index contributed by atoms with van der Waals surface area (Å²) in [5.74, 6) is 1.63. The van der Waals surface area contributed by atoms with Gasteiger partial charge in [-0.2, -0.15) is 9.61 Å². The van der Waals surface area contributed by atoms with Gasteiger partial charge in [-0.1, -0.05) is 30.1 Å². The molecule has 0 radical (unpaired) electrons. The molecule has 0 atom stereocenters. The fraction of sp³-hybridized carbons (Fsp3) is 0.500. The van der Waals surface area contributed by atoms with E-state index < -0.39 is 0 Å². The molecule has 0 aliphatic carbocycles. The van der Waals surface area contributed by atoms with Crippen LogP contribution >= 0.6 is 23.2 Å². The largest absolute Gasteiger partial charge is 0.494 e. The van der Waals surface area contributed by atoms with Crippen LogP contribution in [-0.2, 0) is 11.2 Å². The summed E-state index contributed by atoms with van der Waals surface area (Å²) in [6.45, 7) is 9.30. The minimum Gasteiger partial charge on any atom is -0.494 e. The number of fused-ring (bicyclic) bond motifs is 1. The number of nitrogens with zero attached hydrogens (tertiary/aromatic N) is 4. The molecule has 33 heavy (non-hydrogen) atoms. The number of benzene rings is 1. The predicted molar refractivity (Wildman–Crippen MR) is 134 cm³/mol. The van der Waals surface area contributed by atoms with Crippen molar-refractivity contribution in [3.63, 3.8) is 0 Å². The fourth-order valence-corrected chi connectivity index (χ4v) is 5.15. The van der Waals surface area contributed by atoms with E-state index in [0.29, 0.717) is 35.0 Å². The van der Waals surface area contributed by atoms with Gasteiger partial charge in [0, 0.05) is 49.7 Å². The molecule has 1 aromatic carbocycles. The summed E-state index contributed by atoms with van der Waals surface area (Å²) >= 11 is 13.4. The lowest BCUT2D eigenvalue weighted by Crippen LogP contribution is -2.43. The summed E-state index contributed by atoms with van der Waals surface area (Å²) < 4.78 is 13.1. The molecule has 0 unspecified atom stereocenters. The zero-order valence-electron chi connectivity index (χ0n) is 19.4. The molecule has 7 nitrogen and oxygen atoms in total. The number of ether oxygens (including phenoxy) is 2. The van der Waals surface area contributed by atoms with Crippen molar-refractivity contribution < 1.29 is 9.47 Å². The third-order valence-corrected chi connectivity index (χ3v) is 6.63. The first-order valence-corrected chi connectivity index (χ1v) is 12.3. The third-order valence-electron chi connectivity index (χ3n) is 6.03. The summed E-state index contributed by atoms with van der Waals surface area (Å²) in [5, 5.41) is 5.92. The predicted octanol–water partition coefficient (Wildman–Crippen LogP) is 4.92. The second kappa shape index (κ2) is 10.5. The first-order valence-electron chi connectivity index (χ1n) is 11.5. The van der Waals surface area contributed by atoms with Crippen molar-refractivity contribution >= 4 is 34.7 Å². The quantitative estimate of drug-likeness (QED) is 0.481. The third kappa shape index (κ3) is 4.78. The summed E-state index contributed by atoms with van der Waals surface area (Å²) in [7, 11) is 0. The molecule has 1 fully saturated rings. The number of halogens is 2. The Kier molecular flexibility index (Phi) is 7.64. The Morgan fingerprint density at radius 1 is 1.15 bits per heavy atom. The Labute approximate surface area is 204 Å². The van der Waals surface area contributed by atoms with Crippen LogP contribution in [0.2, 0.25) is 10.0 Å². The smallest absolute Gasteiger partial charge is 0.165 e. The fourth-order valence-electron chi connectivity index (χ4n) is 4.49. The van der Waals surface area contributed by atoms with Crippen LogP contribution in [0.5, 0.6) is 5.75 Å². The number of nitrogens with two attached hydrogens (primary N) is 1. The normalized spacial score (nSPS) is 14.7. The Hall–Kier alpha value is -2.06. The van der Waals surface area contributed by atoms with E-state index in [0.717, 1.165) is 73.0 Å². The first-order chi connectivity index (χ1) is 16.0. The molecule has 1 saturated heterocycles. The lowest BCUT2D eigenvalue weighted by Gasteiger charge is -2.36. The summed E-state index contributed by atoms with van der Waals surface area (Å²) in [4.78, 5) is 7.30. The van der Waals surface area contributed by atoms with E-state index in [1.807, 2.05) is 18.4 Å². The molecule has 4 rings (SSSR count). The van der Waals surface area contributed by atoms with E-state index in [9.17, 15) is 0 Å². The lowest BCUT2D eigenvalue weighted by atomic mass is 10.1. The van der Waals surface area contributed by atoms with Crippen LogP contribution in [0.1, 0.15) is 38.1 Å². The van der Waals surface area contributed by atoms with Gasteiger partial charge in [0.2, 0.25) is 0 Å². The Bertz CT molecular complexity index is 1100. The Balaban J connectivity index is 1.92. The highest BCUT2D eigenvalue weighted by Gasteiger charge is 2.27. The molecule has 2 N–H and O–H groups in total. The van der Waals surface area contributed by atoms with Crippen molar-refractivity contribution in [3.05, 3.63) is 39.6 Å². The molecule has 2 aromatic heterocycles. The maximum atomic E-state index is 6.71. The van der Waals surface area contributed by atoms with Crippen LogP contribution in [0.3, 0.4) is 0 Å². The van der Waals surface area contributed by atoms with Crippen LogP contribution in [0.4, 0.5) is 5.82 Å². The average molecular weight is 492 g/mol. The Morgan fingerprint density at radius 3 is 2.45 bits per heavy atom. The summed E-state index contributed by atoms with van der Waals surface area (Å²) in [5.41, 5.74) is 10.1. The van der Waals surface area contributed by atoms with Crippen molar-refractivity contribution in [1.29, 1.82) is 0 Å². The molecular weight excluding hydrogens is 461 g/mol. The standard InChI is InChI=1S/C24H31Cl2N5O2/c1-4-16-12-21(30(9-8-27)17-6-10-32-11-7-17)31-24(28-16)22(15(3)29-31)23-19(25)13-18(33-5-2)14-20(23)26/h12-14,17H,4-11,27H2,1-3H3. The topological polar surface area (TPSA) is 77.9 Å². The van der Waals surface area contributed by atoms with Gasteiger partial charge < -0.3 is 20.1 Å². The van der Waals surface area contributed by atoms with Gasteiger partial charge in [-0.25, -0.2) is 4.98 Å². The first kappa shape index (κ1) is 24.1. The van der Waals surface area contributed by atoms with Crippen molar-refractivity contribution in [3.8, 4) is 16.9 Å². The van der Waals surface area contributed by atoms with Gasteiger partial charge in [-0.3, -0.25) is 0 Å². The van der Waals surface area contributed by atoms with Crippen LogP contribution in [0.25, 0.3) is 16.8 Å². The molecule has 0 amide bonds. The van der Waals surface area contributed by atoms with E-state index in [4.69, 9.17) is 48.5 Å². The van der Waals surface area contributed by atoms with Crippen LogP contribution in [0, 0.1) is 6.92 Å². The maximum Gasteiger partial charge on any atom is 0.165 e. The molecule has 3 aromatic rings. The summed E-state index contributed by atoms with van der Waals surface area (Å²) in [6, 6.07) is 6.05. The summed E-state index contributed by atoms with van der Waals surface area (Å²) in [6.07, 6.45) is 2.70. The monoisotopic (exact) mass is 491 g/mol. The number of rotatable bonds is 8. The van der Waals surface area contributed by atoms with Crippen molar-refractivity contribution in [2.45, 2.75) is 46.1 Å². The molecule has 0 spiro atoms. The minimum atomic E-state index is 0.336. The maximum absolute atomic E-state index is 6.71. The van der Waals surface area contributed by atoms with E-state index in [1.165, 1.54) is 0 Å². The van der Waals surface area contributed by atoms with Gasteiger partial charge in [-0.05, 0) is 45.2 Å². The number of aryl methyl sites for hydroxylation is 2. The van der Waals surface area contributed by atoms with Crippen molar-refractivity contribution in [2.75, 3.05) is 37.8 Å². The van der Waals surface area contributed by atoms with E-state index in [-0.39, 0.29) is 0 Å². The van der Waals surface area contributed by atoms with Gasteiger partial charge in [0.05, 0.1) is 27.9 Å². The molecule has 178 valence electrons. The molecule has 1 aliphatic rings. The SMILES string of the molecule is CCOc1cc(Cl)c(-c2c(C)nn3c(N(CCN)C4CCOCC4)cc(CC)nc23)c(Cl)c1. The van der Waals surface area contributed by atoms with Crippen LogP contribution < -0.4 is 15.4 Å². The lowest BCUT2D eigenvalue weighted by molar-refractivity contribution is 0.0843. The molecule has 1 aliphatic heterocycles. The molecule has 0 saturated carbocycles. The number of anilines is 1. The number of aromatic nitrogens is 3. The van der Waals surface area contributed by atoms with Crippen LogP contribution in [0.15, 0.2) is 18.2 Å². The highest BCUT2D eigenvalue weighted by molar-refractivity contribution is 6.39. The zero-order chi connectivity index (χ0) is 23.5. The van der Waals surface area contributed by atoms with Crippen LogP contribution in [-0.4, -0.2) is 53.6 Å². The molecular formula is C24H31Cl2N5O2. The number of hydrogen-bond donors (Lipinski definition) is 1. The highest BCUT2D eigenvalue weighted by atomic mass is 35.5. The van der Waals surface area contributed by atoms with Crippen molar-refractivity contribution in [2.24, 2.45) is 5.73 Å². The molecule has 9 heteroatoms.